The predicted octanol–water partition coefficient (Wildman–Crippen LogP) is -0.0173. The van der Waals surface area contributed by atoms with Gasteiger partial charge in [-0.2, -0.15) is 10.4 Å². The standard InChI is InChI=1S/C9H7N5O/c10-1-2-12-9(15)7-5-13-14-4-3-11-6-8(7)14/h3-6H,2H2,(H,12,15). The summed E-state index contributed by atoms with van der Waals surface area (Å²) >= 11 is 0. The van der Waals surface area contributed by atoms with Gasteiger partial charge in [0, 0.05) is 12.4 Å². The molecule has 15 heavy (non-hydrogen) atoms. The van der Waals surface area contributed by atoms with Gasteiger partial charge in [-0.3, -0.25) is 9.78 Å². The largest absolute Gasteiger partial charge is 0.339 e. The third-order valence-electron chi connectivity index (χ3n) is 1.90. The van der Waals surface area contributed by atoms with E-state index in [0.29, 0.717) is 11.1 Å². The topological polar surface area (TPSA) is 83.1 Å². The quantitative estimate of drug-likeness (QED) is 0.692. The zero-order valence-corrected chi connectivity index (χ0v) is 7.71. The second kappa shape index (κ2) is 3.75. The van der Waals surface area contributed by atoms with Crippen LogP contribution in [0, 0.1) is 11.3 Å². The molecular weight excluding hydrogens is 194 g/mol. The van der Waals surface area contributed by atoms with E-state index < -0.39 is 0 Å². The first-order chi connectivity index (χ1) is 7.33. The minimum atomic E-state index is -0.320. The lowest BCUT2D eigenvalue weighted by Crippen LogP contribution is -2.23. The Morgan fingerprint density at radius 1 is 1.60 bits per heavy atom. The average Bonchev–Trinajstić information content (AvgIpc) is 2.69. The van der Waals surface area contributed by atoms with Gasteiger partial charge in [-0.1, -0.05) is 0 Å². The van der Waals surface area contributed by atoms with E-state index in [0.717, 1.165) is 0 Å². The number of nitrogens with zero attached hydrogens (tertiary/aromatic N) is 4. The Balaban J connectivity index is 2.36. The Hall–Kier alpha value is -2.42. The Labute approximate surface area is 85.2 Å². The molecule has 2 heterocycles. The molecule has 0 aromatic carbocycles. The zero-order valence-electron chi connectivity index (χ0n) is 7.71. The van der Waals surface area contributed by atoms with Crippen molar-refractivity contribution in [2.75, 3.05) is 6.54 Å². The Bertz CT molecular complexity index is 539. The molecule has 0 bridgehead atoms. The number of fused-ring (bicyclic) bond motifs is 1. The minimum absolute atomic E-state index is 0.0174. The number of amides is 1. The number of hydrogen-bond acceptors (Lipinski definition) is 4. The van der Waals surface area contributed by atoms with Crippen LogP contribution >= 0.6 is 0 Å². The maximum Gasteiger partial charge on any atom is 0.255 e. The third kappa shape index (κ3) is 1.62. The molecule has 0 saturated carbocycles. The number of nitriles is 1. The highest BCUT2D eigenvalue weighted by Gasteiger charge is 2.11. The molecule has 0 saturated heterocycles. The summed E-state index contributed by atoms with van der Waals surface area (Å²) in [5.74, 6) is -0.320. The Morgan fingerprint density at radius 3 is 3.27 bits per heavy atom. The van der Waals surface area contributed by atoms with Gasteiger partial charge in [0.2, 0.25) is 0 Å². The number of rotatable bonds is 2. The van der Waals surface area contributed by atoms with Gasteiger partial charge in [-0.25, -0.2) is 4.52 Å². The molecule has 1 N–H and O–H groups in total. The highest BCUT2D eigenvalue weighted by molar-refractivity contribution is 6.00. The van der Waals surface area contributed by atoms with Crippen LogP contribution in [0.25, 0.3) is 5.52 Å². The van der Waals surface area contributed by atoms with Crippen molar-refractivity contribution in [3.05, 3.63) is 30.4 Å². The van der Waals surface area contributed by atoms with Gasteiger partial charge in [0.15, 0.2) is 0 Å². The van der Waals surface area contributed by atoms with Crippen molar-refractivity contribution < 1.29 is 4.79 Å². The maximum absolute atomic E-state index is 11.5. The van der Waals surface area contributed by atoms with E-state index in [2.05, 4.69) is 15.4 Å². The molecule has 0 aliphatic carbocycles. The summed E-state index contributed by atoms with van der Waals surface area (Å²) in [4.78, 5) is 15.4. The monoisotopic (exact) mass is 201 g/mol. The van der Waals surface area contributed by atoms with Crippen LogP contribution in [0.15, 0.2) is 24.8 Å². The molecule has 0 spiro atoms. The molecule has 0 atom stereocenters. The lowest BCUT2D eigenvalue weighted by molar-refractivity contribution is 0.0960. The van der Waals surface area contributed by atoms with Crippen molar-refractivity contribution in [3.63, 3.8) is 0 Å². The SMILES string of the molecule is N#CCNC(=O)c1cnn2ccncc12. The van der Waals surface area contributed by atoms with Crippen LogP contribution < -0.4 is 5.32 Å². The van der Waals surface area contributed by atoms with Gasteiger partial charge in [0.05, 0.1) is 29.5 Å². The molecule has 0 aliphatic rings. The van der Waals surface area contributed by atoms with Crippen molar-refractivity contribution in [1.82, 2.24) is 19.9 Å². The first kappa shape index (κ1) is 9.15. The van der Waals surface area contributed by atoms with E-state index in [9.17, 15) is 4.79 Å². The van der Waals surface area contributed by atoms with Gasteiger partial charge in [0.1, 0.15) is 6.54 Å². The van der Waals surface area contributed by atoms with Crippen LogP contribution in [0.2, 0.25) is 0 Å². The van der Waals surface area contributed by atoms with Gasteiger partial charge in [-0.15, -0.1) is 0 Å². The summed E-state index contributed by atoms with van der Waals surface area (Å²) in [6.45, 7) is -0.0174. The second-order valence-corrected chi connectivity index (χ2v) is 2.81. The van der Waals surface area contributed by atoms with E-state index in [1.54, 1.807) is 23.1 Å². The summed E-state index contributed by atoms with van der Waals surface area (Å²) in [5.41, 5.74) is 1.03. The van der Waals surface area contributed by atoms with Crippen molar-refractivity contribution in [3.8, 4) is 6.07 Å². The lowest BCUT2D eigenvalue weighted by atomic mass is 10.3. The molecule has 2 aromatic heterocycles. The molecule has 2 aromatic rings. The van der Waals surface area contributed by atoms with Crippen LogP contribution in [0.3, 0.4) is 0 Å². The number of hydrogen-bond donors (Lipinski definition) is 1. The van der Waals surface area contributed by atoms with Gasteiger partial charge >= 0.3 is 0 Å². The van der Waals surface area contributed by atoms with Crippen LogP contribution in [0.4, 0.5) is 0 Å². The highest BCUT2D eigenvalue weighted by atomic mass is 16.1. The first-order valence-corrected chi connectivity index (χ1v) is 4.25. The van der Waals surface area contributed by atoms with Crippen LogP contribution in [-0.2, 0) is 0 Å². The second-order valence-electron chi connectivity index (χ2n) is 2.81. The van der Waals surface area contributed by atoms with Crippen LogP contribution in [-0.4, -0.2) is 27.0 Å². The van der Waals surface area contributed by atoms with E-state index >= 15 is 0 Å². The predicted molar refractivity (Wildman–Crippen MR) is 50.9 cm³/mol. The molecule has 0 radical (unpaired) electrons. The fourth-order valence-electron chi connectivity index (χ4n) is 1.22. The molecule has 0 aliphatic heterocycles. The zero-order chi connectivity index (χ0) is 10.7. The van der Waals surface area contributed by atoms with E-state index in [4.69, 9.17) is 5.26 Å². The molecule has 1 amide bonds. The molecule has 74 valence electrons. The normalized spacial score (nSPS) is 9.80. The Morgan fingerprint density at radius 2 is 2.47 bits per heavy atom. The van der Waals surface area contributed by atoms with E-state index in [-0.39, 0.29) is 12.5 Å². The molecule has 2 rings (SSSR count). The fraction of sp³-hybridized carbons (Fsp3) is 0.111. The van der Waals surface area contributed by atoms with Crippen molar-refractivity contribution >= 4 is 11.4 Å². The number of carbonyl (C=O) groups is 1. The summed E-state index contributed by atoms with van der Waals surface area (Å²) in [6.07, 6.45) is 6.23. The van der Waals surface area contributed by atoms with E-state index in [1.807, 2.05) is 6.07 Å². The lowest BCUT2D eigenvalue weighted by Gasteiger charge is -1.97. The Kier molecular flexibility index (Phi) is 2.29. The van der Waals surface area contributed by atoms with E-state index in [1.165, 1.54) is 6.20 Å². The summed E-state index contributed by atoms with van der Waals surface area (Å²) in [5, 5.41) is 14.8. The first-order valence-electron chi connectivity index (χ1n) is 4.25. The minimum Gasteiger partial charge on any atom is -0.339 e. The molecule has 0 fully saturated rings. The molecule has 0 unspecified atom stereocenters. The summed E-state index contributed by atoms with van der Waals surface area (Å²) in [7, 11) is 0. The van der Waals surface area contributed by atoms with Crippen LogP contribution in [0.1, 0.15) is 10.4 Å². The number of nitrogens with one attached hydrogen (secondary N) is 1. The maximum atomic E-state index is 11.5. The van der Waals surface area contributed by atoms with Gasteiger partial charge in [-0.05, 0) is 0 Å². The van der Waals surface area contributed by atoms with Crippen molar-refractivity contribution in [1.29, 1.82) is 5.26 Å². The number of carbonyl (C=O) groups excluding carboxylic acids is 1. The summed E-state index contributed by atoms with van der Waals surface area (Å²) in [6, 6.07) is 1.83. The molecule has 6 heteroatoms. The fourth-order valence-corrected chi connectivity index (χ4v) is 1.22. The van der Waals surface area contributed by atoms with Crippen molar-refractivity contribution in [2.45, 2.75) is 0 Å². The van der Waals surface area contributed by atoms with Gasteiger partial charge in [0.25, 0.3) is 5.91 Å². The van der Waals surface area contributed by atoms with Crippen LogP contribution in [0.5, 0.6) is 0 Å². The summed E-state index contributed by atoms with van der Waals surface area (Å²) < 4.78 is 1.55. The highest BCUT2D eigenvalue weighted by Crippen LogP contribution is 2.07. The van der Waals surface area contributed by atoms with Crippen molar-refractivity contribution in [2.24, 2.45) is 0 Å². The molecular formula is C9H7N5O. The third-order valence-corrected chi connectivity index (χ3v) is 1.90. The smallest absolute Gasteiger partial charge is 0.255 e. The van der Waals surface area contributed by atoms with Gasteiger partial charge < -0.3 is 5.32 Å². The number of aromatic nitrogens is 3. The molecule has 6 nitrogen and oxygen atoms in total. The average molecular weight is 201 g/mol.